The molecule has 1 aliphatic heterocycles. The van der Waals surface area contributed by atoms with Gasteiger partial charge in [0.15, 0.2) is 15.6 Å². The number of sulfone groups is 1. The molecular weight excluding hydrogens is 280 g/mol. The van der Waals surface area contributed by atoms with Crippen molar-refractivity contribution in [2.24, 2.45) is 0 Å². The number of hydrogen-bond donors (Lipinski definition) is 2. The first-order chi connectivity index (χ1) is 9.43. The van der Waals surface area contributed by atoms with Gasteiger partial charge in [-0.2, -0.15) is 0 Å². The number of carbonyl (C=O) groups is 1. The molecule has 0 fully saturated rings. The Labute approximate surface area is 115 Å². The van der Waals surface area contributed by atoms with Gasteiger partial charge in [0, 0.05) is 16.5 Å². The van der Waals surface area contributed by atoms with E-state index in [1.54, 1.807) is 24.3 Å². The lowest BCUT2D eigenvalue weighted by Crippen LogP contribution is -2.35. The van der Waals surface area contributed by atoms with Crippen molar-refractivity contribution in [3.8, 4) is 0 Å². The van der Waals surface area contributed by atoms with Gasteiger partial charge in [-0.1, -0.05) is 0 Å². The Bertz CT molecular complexity index is 820. The fourth-order valence-corrected chi connectivity index (χ4v) is 3.31. The molecular formula is C13H12N2O4S. The molecule has 20 heavy (non-hydrogen) atoms. The summed E-state index contributed by atoms with van der Waals surface area (Å²) in [5.41, 5.74) is 6.79. The van der Waals surface area contributed by atoms with Crippen molar-refractivity contribution in [2.75, 3.05) is 11.5 Å². The number of furan rings is 1. The summed E-state index contributed by atoms with van der Waals surface area (Å²) >= 11 is 0. The third-order valence-corrected chi connectivity index (χ3v) is 4.41. The van der Waals surface area contributed by atoms with E-state index in [9.17, 15) is 13.2 Å². The van der Waals surface area contributed by atoms with Crippen LogP contribution in [0.5, 0.6) is 0 Å². The molecule has 0 radical (unpaired) electrons. The van der Waals surface area contributed by atoms with Crippen LogP contribution in [-0.4, -0.2) is 26.1 Å². The van der Waals surface area contributed by atoms with Crippen LogP contribution in [0.2, 0.25) is 0 Å². The predicted molar refractivity (Wildman–Crippen MR) is 74.8 cm³/mol. The van der Waals surface area contributed by atoms with Crippen LogP contribution >= 0.6 is 0 Å². The highest BCUT2D eigenvalue weighted by Crippen LogP contribution is 2.22. The van der Waals surface area contributed by atoms with Crippen LogP contribution in [0.15, 0.2) is 40.2 Å². The third kappa shape index (κ3) is 2.39. The van der Waals surface area contributed by atoms with Crippen LogP contribution in [0.25, 0.3) is 11.0 Å². The molecule has 1 unspecified atom stereocenters. The minimum absolute atomic E-state index is 0.119. The van der Waals surface area contributed by atoms with Crippen LogP contribution in [0.1, 0.15) is 10.6 Å². The van der Waals surface area contributed by atoms with E-state index in [4.69, 9.17) is 10.2 Å². The Morgan fingerprint density at radius 3 is 2.85 bits per heavy atom. The number of rotatable bonds is 2. The van der Waals surface area contributed by atoms with Gasteiger partial charge in [-0.25, -0.2) is 8.42 Å². The minimum Gasteiger partial charge on any atom is -0.451 e. The number of benzene rings is 1. The summed E-state index contributed by atoms with van der Waals surface area (Å²) in [6.45, 7) is 0. The number of hydrogen-bond acceptors (Lipinski definition) is 5. The summed E-state index contributed by atoms with van der Waals surface area (Å²) in [6.07, 6.45) is 1.45. The van der Waals surface area contributed by atoms with Gasteiger partial charge >= 0.3 is 0 Å². The van der Waals surface area contributed by atoms with Crippen molar-refractivity contribution in [1.82, 2.24) is 5.32 Å². The van der Waals surface area contributed by atoms with Gasteiger partial charge in [0.2, 0.25) is 0 Å². The van der Waals surface area contributed by atoms with E-state index < -0.39 is 21.8 Å². The first kappa shape index (κ1) is 12.7. The fraction of sp³-hybridized carbons (Fsp3) is 0.154. The average Bonchev–Trinajstić information content (AvgIpc) is 2.92. The highest BCUT2D eigenvalue weighted by Gasteiger charge is 2.24. The molecule has 3 rings (SSSR count). The molecule has 7 heteroatoms. The Balaban J connectivity index is 1.81. The molecule has 0 saturated carbocycles. The Hall–Kier alpha value is -2.28. The smallest absolute Gasteiger partial charge is 0.287 e. The molecule has 2 aromatic rings. The molecule has 6 nitrogen and oxygen atoms in total. The number of nitrogen functional groups attached to an aromatic ring is 1. The van der Waals surface area contributed by atoms with Gasteiger partial charge in [0.1, 0.15) is 5.58 Å². The molecule has 0 saturated heterocycles. The summed E-state index contributed by atoms with van der Waals surface area (Å²) in [5.74, 6) is -0.443. The lowest BCUT2D eigenvalue weighted by molar-refractivity contribution is 0.0922. The average molecular weight is 292 g/mol. The molecule has 1 aromatic heterocycles. The molecule has 0 spiro atoms. The Kier molecular flexibility index (Phi) is 2.79. The van der Waals surface area contributed by atoms with Gasteiger partial charge in [-0.15, -0.1) is 0 Å². The standard InChI is InChI=1S/C13H12N2O4S/c14-9-1-2-11-8(5-9)6-12(19-11)13(16)15-10-3-4-20(17,18)7-10/h1-6,10H,7,14H2,(H,15,16). The van der Waals surface area contributed by atoms with E-state index in [0.717, 1.165) is 10.8 Å². The van der Waals surface area contributed by atoms with E-state index in [-0.39, 0.29) is 11.5 Å². The summed E-state index contributed by atoms with van der Waals surface area (Å²) < 4.78 is 27.9. The van der Waals surface area contributed by atoms with E-state index in [1.165, 1.54) is 6.08 Å². The zero-order valence-electron chi connectivity index (χ0n) is 10.4. The van der Waals surface area contributed by atoms with Gasteiger partial charge in [0.05, 0.1) is 11.8 Å². The molecule has 1 aromatic carbocycles. The van der Waals surface area contributed by atoms with Crippen molar-refractivity contribution >= 4 is 32.4 Å². The molecule has 0 bridgehead atoms. The maximum Gasteiger partial charge on any atom is 0.287 e. The zero-order valence-corrected chi connectivity index (χ0v) is 11.2. The number of amides is 1. The van der Waals surface area contributed by atoms with E-state index in [1.807, 2.05) is 0 Å². The molecule has 1 amide bonds. The third-order valence-electron chi connectivity index (χ3n) is 3.01. The fourth-order valence-electron chi connectivity index (χ4n) is 2.08. The van der Waals surface area contributed by atoms with Gasteiger partial charge < -0.3 is 15.5 Å². The van der Waals surface area contributed by atoms with E-state index in [0.29, 0.717) is 11.3 Å². The highest BCUT2D eigenvalue weighted by molar-refractivity contribution is 7.94. The summed E-state index contributed by atoms with van der Waals surface area (Å²) in [7, 11) is -3.20. The maximum absolute atomic E-state index is 12.0. The van der Waals surface area contributed by atoms with E-state index >= 15 is 0 Å². The number of carbonyl (C=O) groups excluding carboxylic acids is 1. The van der Waals surface area contributed by atoms with Crippen molar-refractivity contribution in [3.05, 3.63) is 41.5 Å². The second kappa shape index (κ2) is 4.38. The van der Waals surface area contributed by atoms with Gasteiger partial charge in [0.25, 0.3) is 5.91 Å². The number of fused-ring (bicyclic) bond motifs is 1. The minimum atomic E-state index is -3.20. The predicted octanol–water partition coefficient (Wildman–Crippen LogP) is 1.06. The SMILES string of the molecule is Nc1ccc2oc(C(=O)NC3C=CS(=O)(=O)C3)cc2c1. The second-order valence-corrected chi connectivity index (χ2v) is 6.58. The first-order valence-electron chi connectivity index (χ1n) is 5.94. The largest absolute Gasteiger partial charge is 0.451 e. The molecule has 104 valence electrons. The molecule has 1 atom stereocenters. The Morgan fingerprint density at radius 1 is 1.35 bits per heavy atom. The van der Waals surface area contributed by atoms with Crippen molar-refractivity contribution < 1.29 is 17.6 Å². The van der Waals surface area contributed by atoms with Gasteiger partial charge in [-0.05, 0) is 30.3 Å². The molecule has 1 aliphatic rings. The molecule has 0 aliphatic carbocycles. The van der Waals surface area contributed by atoms with Crippen LogP contribution < -0.4 is 11.1 Å². The van der Waals surface area contributed by atoms with Crippen molar-refractivity contribution in [3.63, 3.8) is 0 Å². The van der Waals surface area contributed by atoms with E-state index in [2.05, 4.69) is 5.32 Å². The number of nitrogens with one attached hydrogen (secondary N) is 1. The van der Waals surface area contributed by atoms with Crippen LogP contribution in [-0.2, 0) is 9.84 Å². The summed E-state index contributed by atoms with van der Waals surface area (Å²) in [5, 5.41) is 4.43. The first-order valence-corrected chi connectivity index (χ1v) is 7.65. The van der Waals surface area contributed by atoms with Crippen LogP contribution in [0.4, 0.5) is 5.69 Å². The molecule has 3 N–H and O–H groups in total. The van der Waals surface area contributed by atoms with Crippen LogP contribution in [0.3, 0.4) is 0 Å². The summed E-state index contributed by atoms with van der Waals surface area (Å²) in [6, 6.07) is 6.12. The normalized spacial score (nSPS) is 20.3. The second-order valence-electron chi connectivity index (χ2n) is 4.65. The lowest BCUT2D eigenvalue weighted by Gasteiger charge is -2.07. The molecule has 2 heterocycles. The zero-order chi connectivity index (χ0) is 14.3. The Morgan fingerprint density at radius 2 is 2.15 bits per heavy atom. The topological polar surface area (TPSA) is 102 Å². The monoisotopic (exact) mass is 292 g/mol. The van der Waals surface area contributed by atoms with Crippen LogP contribution in [0, 0.1) is 0 Å². The lowest BCUT2D eigenvalue weighted by atomic mass is 10.2. The number of nitrogens with two attached hydrogens (primary N) is 1. The summed E-state index contributed by atoms with van der Waals surface area (Å²) in [4.78, 5) is 12.0. The highest BCUT2D eigenvalue weighted by atomic mass is 32.2. The number of anilines is 1. The van der Waals surface area contributed by atoms with Crippen molar-refractivity contribution in [2.45, 2.75) is 6.04 Å². The van der Waals surface area contributed by atoms with Gasteiger partial charge in [-0.3, -0.25) is 4.79 Å². The quantitative estimate of drug-likeness (QED) is 0.806. The van der Waals surface area contributed by atoms with Crippen molar-refractivity contribution in [1.29, 1.82) is 0 Å². The maximum atomic E-state index is 12.0.